The molecule has 1 N–H and O–H groups in total. The molecule has 0 heterocycles. The molecule has 1 rings (SSSR count). The maximum absolute atomic E-state index is 12.1. The van der Waals surface area contributed by atoms with Crippen LogP contribution in [0.5, 0.6) is 5.75 Å². The van der Waals surface area contributed by atoms with Crippen LogP contribution in [-0.4, -0.2) is 18.6 Å². The van der Waals surface area contributed by atoms with Crippen molar-refractivity contribution in [3.05, 3.63) is 35.9 Å². The zero-order valence-corrected chi connectivity index (χ0v) is 14.0. The van der Waals surface area contributed by atoms with E-state index in [0.29, 0.717) is 0 Å². The number of amides is 1. The number of methoxy groups -OCH3 is 1. The first kappa shape index (κ1) is 17.3. The molecule has 21 heavy (non-hydrogen) atoms. The fourth-order valence-electron chi connectivity index (χ4n) is 2.71. The van der Waals surface area contributed by atoms with Gasteiger partial charge in [0, 0.05) is 17.2 Å². The van der Waals surface area contributed by atoms with E-state index < -0.39 is 0 Å². The lowest BCUT2D eigenvalue weighted by Gasteiger charge is -2.32. The Labute approximate surface area is 128 Å². The van der Waals surface area contributed by atoms with E-state index in [0.717, 1.165) is 17.7 Å². The van der Waals surface area contributed by atoms with Gasteiger partial charge in [0.2, 0.25) is 5.91 Å². The standard InChI is InChI=1S/C18H27NO2/c1-17(2,3)13-18(4,5)19-16(20)12-11-14-9-7-8-10-15(14)21-6/h7-12H,13H2,1-6H3,(H,19,20)/b12-11+. The van der Waals surface area contributed by atoms with Gasteiger partial charge in [0.05, 0.1) is 7.11 Å². The van der Waals surface area contributed by atoms with E-state index in [1.54, 1.807) is 19.3 Å². The summed E-state index contributed by atoms with van der Waals surface area (Å²) < 4.78 is 5.26. The number of ether oxygens (including phenoxy) is 1. The van der Waals surface area contributed by atoms with Crippen LogP contribution in [0.1, 0.15) is 46.6 Å². The molecule has 0 unspecified atom stereocenters. The summed E-state index contributed by atoms with van der Waals surface area (Å²) in [5, 5.41) is 3.05. The number of nitrogens with one attached hydrogen (secondary N) is 1. The topological polar surface area (TPSA) is 38.3 Å². The van der Waals surface area contributed by atoms with Gasteiger partial charge in [-0.25, -0.2) is 0 Å². The number of hydrogen-bond acceptors (Lipinski definition) is 2. The van der Waals surface area contributed by atoms with Gasteiger partial charge in [-0.15, -0.1) is 0 Å². The van der Waals surface area contributed by atoms with Gasteiger partial charge < -0.3 is 10.1 Å². The minimum absolute atomic E-state index is 0.0878. The van der Waals surface area contributed by atoms with E-state index in [9.17, 15) is 4.79 Å². The highest BCUT2D eigenvalue weighted by Crippen LogP contribution is 2.26. The van der Waals surface area contributed by atoms with E-state index in [4.69, 9.17) is 4.74 Å². The Morgan fingerprint density at radius 2 is 1.81 bits per heavy atom. The van der Waals surface area contributed by atoms with Crippen LogP contribution >= 0.6 is 0 Å². The quantitative estimate of drug-likeness (QED) is 0.831. The van der Waals surface area contributed by atoms with Gasteiger partial charge in [0.25, 0.3) is 0 Å². The molecule has 0 radical (unpaired) electrons. The third-order valence-corrected chi connectivity index (χ3v) is 2.99. The van der Waals surface area contributed by atoms with Gasteiger partial charge in [-0.3, -0.25) is 4.79 Å². The van der Waals surface area contributed by atoms with Crippen molar-refractivity contribution in [3.63, 3.8) is 0 Å². The van der Waals surface area contributed by atoms with Crippen LogP contribution in [0.3, 0.4) is 0 Å². The maximum atomic E-state index is 12.1. The summed E-state index contributed by atoms with van der Waals surface area (Å²) in [7, 11) is 1.62. The van der Waals surface area contributed by atoms with Crippen molar-refractivity contribution in [1.82, 2.24) is 5.32 Å². The number of benzene rings is 1. The molecule has 3 nitrogen and oxygen atoms in total. The summed E-state index contributed by atoms with van der Waals surface area (Å²) in [6.07, 6.45) is 4.25. The second kappa shape index (κ2) is 6.79. The average molecular weight is 289 g/mol. The Bertz CT molecular complexity index is 510. The normalized spacial score (nSPS) is 12.5. The van der Waals surface area contributed by atoms with Gasteiger partial charge >= 0.3 is 0 Å². The zero-order chi connectivity index (χ0) is 16.1. The van der Waals surface area contributed by atoms with Crippen molar-refractivity contribution in [2.75, 3.05) is 7.11 Å². The van der Waals surface area contributed by atoms with Crippen molar-refractivity contribution in [2.24, 2.45) is 5.41 Å². The Morgan fingerprint density at radius 1 is 1.19 bits per heavy atom. The first-order valence-corrected chi connectivity index (χ1v) is 7.26. The molecule has 116 valence electrons. The Kier molecular flexibility index (Phi) is 5.59. The van der Waals surface area contributed by atoms with Crippen LogP contribution in [0.2, 0.25) is 0 Å². The van der Waals surface area contributed by atoms with Crippen LogP contribution in [0.4, 0.5) is 0 Å². The summed E-state index contributed by atoms with van der Waals surface area (Å²) in [5.74, 6) is 0.672. The smallest absolute Gasteiger partial charge is 0.244 e. The lowest BCUT2D eigenvalue weighted by Crippen LogP contribution is -2.45. The molecule has 0 aliphatic carbocycles. The molecule has 0 aliphatic rings. The summed E-state index contributed by atoms with van der Waals surface area (Å²) >= 11 is 0. The van der Waals surface area contributed by atoms with Crippen molar-refractivity contribution in [1.29, 1.82) is 0 Å². The molecule has 0 bridgehead atoms. The highest BCUT2D eigenvalue weighted by atomic mass is 16.5. The molecule has 0 aliphatic heterocycles. The highest BCUT2D eigenvalue weighted by molar-refractivity contribution is 5.92. The first-order valence-electron chi connectivity index (χ1n) is 7.26. The Morgan fingerprint density at radius 3 is 2.38 bits per heavy atom. The third kappa shape index (κ3) is 6.48. The number of carbonyl (C=O) groups excluding carboxylic acids is 1. The lowest BCUT2D eigenvalue weighted by atomic mass is 9.82. The number of hydrogen-bond donors (Lipinski definition) is 1. The second-order valence-electron chi connectivity index (χ2n) is 7.19. The van der Waals surface area contributed by atoms with Gasteiger partial charge in [0.1, 0.15) is 5.75 Å². The molecule has 0 aromatic heterocycles. The van der Waals surface area contributed by atoms with Crippen molar-refractivity contribution < 1.29 is 9.53 Å². The van der Waals surface area contributed by atoms with Gasteiger partial charge in [-0.05, 0) is 37.8 Å². The molecule has 0 saturated heterocycles. The van der Waals surface area contributed by atoms with Crippen molar-refractivity contribution >= 4 is 12.0 Å². The van der Waals surface area contributed by atoms with E-state index in [1.165, 1.54) is 0 Å². The average Bonchev–Trinajstić information content (AvgIpc) is 2.33. The summed E-state index contributed by atoms with van der Waals surface area (Å²) in [6.45, 7) is 10.6. The molecular weight excluding hydrogens is 262 g/mol. The predicted molar refractivity (Wildman–Crippen MR) is 88.3 cm³/mol. The van der Waals surface area contributed by atoms with Crippen LogP contribution in [0, 0.1) is 5.41 Å². The predicted octanol–water partition coefficient (Wildman–Crippen LogP) is 4.04. The maximum Gasteiger partial charge on any atom is 0.244 e. The van der Waals surface area contributed by atoms with Crippen LogP contribution in [0.25, 0.3) is 6.08 Å². The monoisotopic (exact) mass is 289 g/mol. The molecule has 0 fully saturated rings. The minimum atomic E-state index is -0.236. The van der Waals surface area contributed by atoms with E-state index in [1.807, 2.05) is 38.1 Å². The Hall–Kier alpha value is -1.77. The second-order valence-corrected chi connectivity index (χ2v) is 7.19. The third-order valence-electron chi connectivity index (χ3n) is 2.99. The van der Waals surface area contributed by atoms with Crippen LogP contribution < -0.4 is 10.1 Å². The number of carbonyl (C=O) groups is 1. The van der Waals surface area contributed by atoms with Gasteiger partial charge in [-0.2, -0.15) is 0 Å². The highest BCUT2D eigenvalue weighted by Gasteiger charge is 2.26. The van der Waals surface area contributed by atoms with Crippen LogP contribution in [-0.2, 0) is 4.79 Å². The molecule has 0 atom stereocenters. The molecular formula is C18H27NO2. The molecule has 1 aromatic rings. The first-order chi connectivity index (χ1) is 9.63. The number of rotatable bonds is 5. The summed E-state index contributed by atoms with van der Waals surface area (Å²) in [6, 6.07) is 7.62. The lowest BCUT2D eigenvalue weighted by molar-refractivity contribution is -0.118. The Balaban J connectivity index is 2.71. The molecule has 0 saturated carbocycles. The number of para-hydroxylation sites is 1. The van der Waals surface area contributed by atoms with Gasteiger partial charge in [-0.1, -0.05) is 39.0 Å². The summed E-state index contributed by atoms with van der Waals surface area (Å²) in [5.41, 5.74) is 0.827. The van der Waals surface area contributed by atoms with Crippen LogP contribution in [0.15, 0.2) is 30.3 Å². The minimum Gasteiger partial charge on any atom is -0.496 e. The van der Waals surface area contributed by atoms with E-state index in [2.05, 4.69) is 26.1 Å². The molecule has 1 aromatic carbocycles. The molecule has 3 heteroatoms. The fourth-order valence-corrected chi connectivity index (χ4v) is 2.71. The summed E-state index contributed by atoms with van der Waals surface area (Å²) in [4.78, 5) is 12.1. The molecule has 0 spiro atoms. The fraction of sp³-hybridized carbons (Fsp3) is 0.500. The largest absolute Gasteiger partial charge is 0.496 e. The zero-order valence-electron chi connectivity index (χ0n) is 14.0. The van der Waals surface area contributed by atoms with E-state index >= 15 is 0 Å². The van der Waals surface area contributed by atoms with E-state index in [-0.39, 0.29) is 16.9 Å². The van der Waals surface area contributed by atoms with Gasteiger partial charge in [0.15, 0.2) is 0 Å². The SMILES string of the molecule is COc1ccccc1/C=C/C(=O)NC(C)(C)CC(C)(C)C. The van der Waals surface area contributed by atoms with Crippen molar-refractivity contribution in [2.45, 2.75) is 46.6 Å². The van der Waals surface area contributed by atoms with Crippen molar-refractivity contribution in [3.8, 4) is 5.75 Å². The molecule has 1 amide bonds.